The van der Waals surface area contributed by atoms with Crippen molar-refractivity contribution in [3.63, 3.8) is 0 Å². The minimum absolute atomic E-state index is 0.671. The van der Waals surface area contributed by atoms with E-state index in [9.17, 15) is 0 Å². The van der Waals surface area contributed by atoms with Gasteiger partial charge in [0.1, 0.15) is 17.0 Å². The number of nitrogens with zero attached hydrogens (tertiary/aromatic N) is 3. The van der Waals surface area contributed by atoms with E-state index < -0.39 is 0 Å². The second-order valence-electron chi connectivity index (χ2n) is 6.54. The van der Waals surface area contributed by atoms with Gasteiger partial charge < -0.3 is 14.6 Å². The zero-order chi connectivity index (χ0) is 19.3. The van der Waals surface area contributed by atoms with Gasteiger partial charge in [-0.3, -0.25) is 0 Å². The molecule has 0 saturated heterocycles. The highest BCUT2D eigenvalue weighted by molar-refractivity contribution is 5.96. The van der Waals surface area contributed by atoms with Gasteiger partial charge in [0.15, 0.2) is 5.58 Å². The minimum atomic E-state index is 0.671. The number of hydrogen-bond donors (Lipinski definition) is 1. The molecule has 142 valence electrons. The third kappa shape index (κ3) is 3.59. The van der Waals surface area contributed by atoms with Crippen molar-refractivity contribution in [1.82, 2.24) is 15.1 Å². The Bertz CT molecular complexity index is 1080. The number of anilines is 1. The third-order valence-corrected chi connectivity index (χ3v) is 4.57. The van der Waals surface area contributed by atoms with E-state index in [4.69, 9.17) is 14.2 Å². The summed E-state index contributed by atoms with van der Waals surface area (Å²) < 4.78 is 10.8. The number of methoxy groups -OCH3 is 1. The number of fused-ring (bicyclic) bond motifs is 1. The van der Waals surface area contributed by atoms with Crippen LogP contribution in [0, 0.1) is 6.92 Å². The number of hydrogen-bond acceptors (Lipinski definition) is 6. The van der Waals surface area contributed by atoms with Crippen LogP contribution in [-0.4, -0.2) is 35.4 Å². The molecular weight excluding hydrogens is 352 g/mol. The Balaban J connectivity index is 1.83. The largest absolute Gasteiger partial charge is 0.385 e. The highest BCUT2D eigenvalue weighted by Gasteiger charge is 2.18. The molecular formula is C22H22N4O2. The zero-order valence-electron chi connectivity index (χ0n) is 16.0. The summed E-state index contributed by atoms with van der Waals surface area (Å²) in [6, 6.07) is 16.1. The molecule has 6 nitrogen and oxygen atoms in total. The van der Waals surface area contributed by atoms with Crippen molar-refractivity contribution < 1.29 is 9.26 Å². The minimum Gasteiger partial charge on any atom is -0.385 e. The second kappa shape index (κ2) is 8.19. The van der Waals surface area contributed by atoms with Crippen molar-refractivity contribution in [2.75, 3.05) is 25.6 Å². The lowest BCUT2D eigenvalue weighted by molar-refractivity contribution is 0.198. The van der Waals surface area contributed by atoms with Crippen LogP contribution in [0.5, 0.6) is 0 Å². The van der Waals surface area contributed by atoms with E-state index >= 15 is 0 Å². The van der Waals surface area contributed by atoms with E-state index in [1.165, 1.54) is 0 Å². The topological polar surface area (TPSA) is 73.1 Å². The Kier molecular flexibility index (Phi) is 5.30. The average molecular weight is 374 g/mol. The first-order valence-corrected chi connectivity index (χ1v) is 9.28. The maximum absolute atomic E-state index is 5.64. The summed E-state index contributed by atoms with van der Waals surface area (Å²) in [5.41, 5.74) is 6.02. The molecule has 28 heavy (non-hydrogen) atoms. The van der Waals surface area contributed by atoms with Crippen molar-refractivity contribution >= 4 is 16.9 Å². The van der Waals surface area contributed by atoms with Crippen molar-refractivity contribution in [3.05, 3.63) is 60.4 Å². The molecule has 0 bridgehead atoms. The van der Waals surface area contributed by atoms with Crippen LogP contribution in [0.4, 0.5) is 5.82 Å². The Labute approximate surface area is 163 Å². The molecule has 0 spiro atoms. The zero-order valence-corrected chi connectivity index (χ0v) is 16.0. The van der Waals surface area contributed by atoms with Crippen LogP contribution >= 0.6 is 0 Å². The lowest BCUT2D eigenvalue weighted by Gasteiger charge is -2.12. The molecule has 4 aromatic rings. The number of aryl methyl sites for hydroxylation is 1. The van der Waals surface area contributed by atoms with Crippen molar-refractivity contribution in [3.8, 4) is 22.4 Å². The second-order valence-corrected chi connectivity index (χ2v) is 6.54. The number of aromatic nitrogens is 3. The molecule has 0 radical (unpaired) electrons. The maximum atomic E-state index is 5.64. The summed E-state index contributed by atoms with van der Waals surface area (Å²) in [6.07, 6.45) is 2.68. The molecule has 0 unspecified atom stereocenters. The fraction of sp³-hybridized carbons (Fsp3) is 0.227. The first kappa shape index (κ1) is 18.1. The summed E-state index contributed by atoms with van der Waals surface area (Å²) in [5, 5.41) is 7.54. The molecule has 6 heteroatoms. The number of nitrogens with one attached hydrogen (secondary N) is 1. The summed E-state index contributed by atoms with van der Waals surface area (Å²) >= 11 is 0. The third-order valence-electron chi connectivity index (χ3n) is 4.57. The van der Waals surface area contributed by atoms with Crippen LogP contribution < -0.4 is 5.32 Å². The molecule has 0 saturated carbocycles. The Morgan fingerprint density at radius 2 is 1.93 bits per heavy atom. The Morgan fingerprint density at radius 3 is 2.75 bits per heavy atom. The van der Waals surface area contributed by atoms with E-state index in [-0.39, 0.29) is 0 Å². The van der Waals surface area contributed by atoms with Crippen LogP contribution in [0.3, 0.4) is 0 Å². The van der Waals surface area contributed by atoms with Crippen LogP contribution in [0.15, 0.2) is 59.3 Å². The van der Waals surface area contributed by atoms with Gasteiger partial charge in [0, 0.05) is 43.1 Å². The van der Waals surface area contributed by atoms with E-state index in [0.29, 0.717) is 12.2 Å². The van der Waals surface area contributed by atoms with Crippen molar-refractivity contribution in [2.45, 2.75) is 13.3 Å². The van der Waals surface area contributed by atoms with Gasteiger partial charge in [-0.1, -0.05) is 35.5 Å². The molecule has 0 fully saturated rings. The van der Waals surface area contributed by atoms with Crippen LogP contribution in [-0.2, 0) is 4.74 Å². The molecule has 0 aliphatic carbocycles. The number of benzene rings is 1. The van der Waals surface area contributed by atoms with Gasteiger partial charge in [-0.05, 0) is 31.5 Å². The smallest absolute Gasteiger partial charge is 0.193 e. The number of ether oxygens (including phenoxy) is 1. The van der Waals surface area contributed by atoms with Crippen LogP contribution in [0.1, 0.15) is 12.1 Å². The monoisotopic (exact) mass is 374 g/mol. The quantitative estimate of drug-likeness (QED) is 0.472. The standard InChI is InChI=1S/C22H22N4O2/c1-15-20-21(28-26-15)18(14-19(25-20)16-8-4-3-5-9-16)17-10-6-11-23-22(17)24-12-7-13-27-2/h3-6,8-11,14H,7,12-13H2,1-2H3,(H,23,24). The van der Waals surface area contributed by atoms with E-state index in [2.05, 4.69) is 15.5 Å². The predicted molar refractivity (Wildman–Crippen MR) is 110 cm³/mol. The predicted octanol–water partition coefficient (Wildman–Crippen LogP) is 4.71. The molecule has 0 aliphatic heterocycles. The summed E-state index contributed by atoms with van der Waals surface area (Å²) in [4.78, 5) is 9.33. The lowest BCUT2D eigenvalue weighted by Crippen LogP contribution is -2.07. The molecule has 1 aromatic carbocycles. The molecule has 0 amide bonds. The van der Waals surface area contributed by atoms with E-state index in [1.54, 1.807) is 13.3 Å². The normalized spacial score (nSPS) is 11.1. The molecule has 4 rings (SSSR count). The van der Waals surface area contributed by atoms with Gasteiger partial charge >= 0.3 is 0 Å². The number of pyridine rings is 2. The molecule has 3 heterocycles. The molecule has 3 aromatic heterocycles. The average Bonchev–Trinajstić information content (AvgIpc) is 3.12. The van der Waals surface area contributed by atoms with Gasteiger partial charge in [0.25, 0.3) is 0 Å². The molecule has 1 N–H and O–H groups in total. The van der Waals surface area contributed by atoms with Gasteiger partial charge in [-0.25, -0.2) is 9.97 Å². The van der Waals surface area contributed by atoms with Gasteiger partial charge in [0.05, 0.1) is 5.69 Å². The van der Waals surface area contributed by atoms with E-state index in [0.717, 1.165) is 52.4 Å². The maximum Gasteiger partial charge on any atom is 0.193 e. The summed E-state index contributed by atoms with van der Waals surface area (Å²) in [7, 11) is 1.71. The van der Waals surface area contributed by atoms with Gasteiger partial charge in [-0.2, -0.15) is 0 Å². The molecule has 0 aliphatic rings. The SMILES string of the molecule is COCCCNc1ncccc1-c1cc(-c2ccccc2)nc2c(C)noc12. The van der Waals surface area contributed by atoms with Crippen molar-refractivity contribution in [2.24, 2.45) is 0 Å². The Morgan fingerprint density at radius 1 is 1.07 bits per heavy atom. The van der Waals surface area contributed by atoms with Crippen LogP contribution in [0.2, 0.25) is 0 Å². The highest BCUT2D eigenvalue weighted by Crippen LogP contribution is 2.36. The fourth-order valence-electron chi connectivity index (χ4n) is 3.17. The van der Waals surface area contributed by atoms with Crippen LogP contribution in [0.25, 0.3) is 33.5 Å². The van der Waals surface area contributed by atoms with Crippen molar-refractivity contribution in [1.29, 1.82) is 0 Å². The molecule has 0 atom stereocenters. The Hall–Kier alpha value is -3.25. The summed E-state index contributed by atoms with van der Waals surface area (Å²) in [6.45, 7) is 3.38. The summed E-state index contributed by atoms with van der Waals surface area (Å²) in [5.74, 6) is 0.805. The van der Waals surface area contributed by atoms with Gasteiger partial charge in [0.2, 0.25) is 0 Å². The van der Waals surface area contributed by atoms with E-state index in [1.807, 2.05) is 55.5 Å². The first-order chi connectivity index (χ1) is 13.8. The lowest BCUT2D eigenvalue weighted by atomic mass is 10.0. The highest BCUT2D eigenvalue weighted by atomic mass is 16.5. The first-order valence-electron chi connectivity index (χ1n) is 9.28. The van der Waals surface area contributed by atoms with Gasteiger partial charge in [-0.15, -0.1) is 0 Å². The number of rotatable bonds is 7. The fourth-order valence-corrected chi connectivity index (χ4v) is 3.17.